The Balaban J connectivity index is 1.72. The Hall–Kier alpha value is -2.83. The average Bonchev–Trinajstić information content (AvgIpc) is 2.80. The molecule has 0 amide bonds. The Labute approximate surface area is 208 Å². The minimum Gasteiger partial charge on any atom is -0.493 e. The van der Waals surface area contributed by atoms with E-state index in [1.165, 1.54) is 20.4 Å². The van der Waals surface area contributed by atoms with Gasteiger partial charge in [0.2, 0.25) is 5.95 Å². The zero-order valence-corrected chi connectivity index (χ0v) is 21.0. The normalized spacial score (nSPS) is 11.2. The quantitative estimate of drug-likeness (QED) is 0.292. The molecular formula is C21H24Cl2N6O4S. The minimum absolute atomic E-state index is 0.159. The zero-order valence-electron chi connectivity index (χ0n) is 18.6. The number of hydrogen-bond donors (Lipinski definition) is 4. The lowest BCUT2D eigenvalue weighted by atomic mass is 10.2. The van der Waals surface area contributed by atoms with E-state index in [0.717, 1.165) is 5.56 Å². The maximum absolute atomic E-state index is 11.7. The molecule has 0 bridgehead atoms. The van der Waals surface area contributed by atoms with Crippen LogP contribution in [0, 0.1) is 0 Å². The summed E-state index contributed by atoms with van der Waals surface area (Å²) in [5.74, 6) is 1.54. The number of halogens is 2. The van der Waals surface area contributed by atoms with Gasteiger partial charge in [-0.1, -0.05) is 42.3 Å². The van der Waals surface area contributed by atoms with Crippen LogP contribution in [0.5, 0.6) is 11.5 Å². The van der Waals surface area contributed by atoms with E-state index in [9.17, 15) is 8.42 Å². The summed E-state index contributed by atoms with van der Waals surface area (Å²) in [5, 5.41) is 6.87. The Bertz CT molecular complexity index is 1240. The van der Waals surface area contributed by atoms with E-state index in [1.807, 2.05) is 0 Å². The molecule has 13 heteroatoms. The van der Waals surface area contributed by atoms with Crippen LogP contribution in [0.1, 0.15) is 12.5 Å². The predicted molar refractivity (Wildman–Crippen MR) is 134 cm³/mol. The lowest BCUT2D eigenvalue weighted by Gasteiger charge is -2.13. The van der Waals surface area contributed by atoms with Crippen molar-refractivity contribution in [3.63, 3.8) is 0 Å². The molecule has 0 fully saturated rings. The van der Waals surface area contributed by atoms with Crippen LogP contribution in [0.25, 0.3) is 0 Å². The van der Waals surface area contributed by atoms with Crippen LogP contribution < -0.4 is 29.6 Å². The van der Waals surface area contributed by atoms with Crippen molar-refractivity contribution in [2.24, 2.45) is 0 Å². The van der Waals surface area contributed by atoms with Crippen LogP contribution in [0.15, 0.2) is 42.6 Å². The molecule has 1 aromatic heterocycles. The fourth-order valence-electron chi connectivity index (χ4n) is 2.90. The van der Waals surface area contributed by atoms with Gasteiger partial charge in [-0.25, -0.2) is 9.71 Å². The fraction of sp³-hybridized carbons (Fsp3) is 0.238. The summed E-state index contributed by atoms with van der Waals surface area (Å²) in [7, 11) is -0.495. The summed E-state index contributed by atoms with van der Waals surface area (Å²) < 4.78 is 38.8. The lowest BCUT2D eigenvalue weighted by Crippen LogP contribution is -2.35. The first kappa shape index (κ1) is 25.8. The van der Waals surface area contributed by atoms with E-state index in [4.69, 9.17) is 32.7 Å². The monoisotopic (exact) mass is 526 g/mol. The van der Waals surface area contributed by atoms with E-state index >= 15 is 0 Å². The highest BCUT2D eigenvalue weighted by Gasteiger charge is 2.13. The van der Waals surface area contributed by atoms with E-state index in [1.54, 1.807) is 43.3 Å². The molecule has 0 aliphatic carbocycles. The molecule has 0 aliphatic heterocycles. The molecule has 2 aromatic carbocycles. The molecular weight excluding hydrogens is 503 g/mol. The summed E-state index contributed by atoms with van der Waals surface area (Å²) >= 11 is 12.5. The molecule has 1 heterocycles. The van der Waals surface area contributed by atoms with Gasteiger partial charge in [-0.2, -0.15) is 18.1 Å². The first-order chi connectivity index (χ1) is 16.2. The summed E-state index contributed by atoms with van der Waals surface area (Å²) in [6.45, 7) is 2.18. The topological polar surface area (TPSA) is 127 Å². The maximum Gasteiger partial charge on any atom is 0.277 e. The van der Waals surface area contributed by atoms with Gasteiger partial charge in [0.25, 0.3) is 10.2 Å². The van der Waals surface area contributed by atoms with Gasteiger partial charge in [0.1, 0.15) is 5.02 Å². The molecule has 0 unspecified atom stereocenters. The standard InChI is InChI=1S/C21H24Cl2N6O4S/c1-4-25-34(30,31)26-11-13-5-7-14(8-6-13)27-20-17(23)12-24-21(29-20)28-15-9-16(22)19(33-3)18(10-15)32-2/h5-10,12,25-26H,4,11H2,1-3H3,(H2,24,27,28,29). The average molecular weight is 527 g/mol. The first-order valence-corrected chi connectivity index (χ1v) is 12.3. The van der Waals surface area contributed by atoms with Crippen LogP contribution in [-0.2, 0) is 16.8 Å². The van der Waals surface area contributed by atoms with Crippen LogP contribution in [0.3, 0.4) is 0 Å². The number of anilines is 4. The third-order valence-corrected chi connectivity index (χ3v) is 6.20. The van der Waals surface area contributed by atoms with Crippen LogP contribution >= 0.6 is 23.2 Å². The first-order valence-electron chi connectivity index (χ1n) is 10.1. The largest absolute Gasteiger partial charge is 0.493 e. The van der Waals surface area contributed by atoms with Gasteiger partial charge < -0.3 is 20.1 Å². The third-order valence-electron chi connectivity index (χ3n) is 4.45. The molecule has 0 spiro atoms. The Kier molecular flexibility index (Phi) is 8.75. The van der Waals surface area contributed by atoms with Crippen molar-refractivity contribution in [2.75, 3.05) is 31.4 Å². The number of methoxy groups -OCH3 is 2. The number of rotatable bonds is 11. The van der Waals surface area contributed by atoms with Crippen molar-refractivity contribution in [2.45, 2.75) is 13.5 Å². The second-order valence-electron chi connectivity index (χ2n) is 6.85. The number of ether oxygens (including phenoxy) is 2. The van der Waals surface area contributed by atoms with Gasteiger partial charge in [-0.05, 0) is 23.8 Å². The molecule has 0 saturated heterocycles. The summed E-state index contributed by atoms with van der Waals surface area (Å²) in [4.78, 5) is 8.62. The van der Waals surface area contributed by atoms with Crippen LogP contribution in [0.2, 0.25) is 10.0 Å². The number of hydrogen-bond acceptors (Lipinski definition) is 8. The smallest absolute Gasteiger partial charge is 0.277 e. The van der Waals surface area contributed by atoms with Crippen molar-refractivity contribution in [3.8, 4) is 11.5 Å². The molecule has 3 rings (SSSR count). The highest BCUT2D eigenvalue weighted by Crippen LogP contribution is 2.38. The molecule has 0 radical (unpaired) electrons. The number of aromatic nitrogens is 2. The lowest BCUT2D eigenvalue weighted by molar-refractivity contribution is 0.355. The van der Waals surface area contributed by atoms with Crippen LogP contribution in [-0.4, -0.2) is 39.2 Å². The van der Waals surface area contributed by atoms with E-state index in [2.05, 4.69) is 30.0 Å². The zero-order chi connectivity index (χ0) is 24.7. The van der Waals surface area contributed by atoms with Crippen LogP contribution in [0.4, 0.5) is 23.1 Å². The summed E-state index contributed by atoms with van der Waals surface area (Å²) in [5.41, 5.74) is 2.09. The van der Waals surface area contributed by atoms with Gasteiger partial charge in [0, 0.05) is 30.5 Å². The number of benzene rings is 2. The highest BCUT2D eigenvalue weighted by atomic mass is 35.5. The molecule has 182 valence electrons. The van der Waals surface area contributed by atoms with Crippen molar-refractivity contribution in [1.82, 2.24) is 19.4 Å². The molecule has 10 nitrogen and oxygen atoms in total. The van der Waals surface area contributed by atoms with E-state index in [0.29, 0.717) is 45.3 Å². The highest BCUT2D eigenvalue weighted by molar-refractivity contribution is 7.87. The summed E-state index contributed by atoms with van der Waals surface area (Å²) in [6, 6.07) is 10.5. The van der Waals surface area contributed by atoms with Gasteiger partial charge in [-0.3, -0.25) is 0 Å². The van der Waals surface area contributed by atoms with Gasteiger partial charge in [-0.15, -0.1) is 0 Å². The summed E-state index contributed by atoms with van der Waals surface area (Å²) in [6.07, 6.45) is 1.46. The molecule has 0 saturated carbocycles. The van der Waals surface area contributed by atoms with Gasteiger partial charge in [0.15, 0.2) is 17.3 Å². The van der Waals surface area contributed by atoms with E-state index in [-0.39, 0.29) is 12.5 Å². The number of nitrogens with one attached hydrogen (secondary N) is 4. The second-order valence-corrected chi connectivity index (χ2v) is 9.25. The van der Waals surface area contributed by atoms with Crippen molar-refractivity contribution in [3.05, 3.63) is 58.2 Å². The maximum atomic E-state index is 11.7. The molecule has 34 heavy (non-hydrogen) atoms. The minimum atomic E-state index is -3.52. The Morgan fingerprint density at radius 1 is 0.941 bits per heavy atom. The van der Waals surface area contributed by atoms with Gasteiger partial charge in [0.05, 0.1) is 25.4 Å². The van der Waals surface area contributed by atoms with Crippen molar-refractivity contribution in [1.29, 1.82) is 0 Å². The molecule has 0 atom stereocenters. The van der Waals surface area contributed by atoms with Crippen molar-refractivity contribution < 1.29 is 17.9 Å². The number of nitrogens with zero attached hydrogens (tertiary/aromatic N) is 2. The Morgan fingerprint density at radius 2 is 1.68 bits per heavy atom. The second kappa shape index (κ2) is 11.5. The SMILES string of the molecule is CCNS(=O)(=O)NCc1ccc(Nc2nc(Nc3cc(Cl)c(OC)c(OC)c3)ncc2Cl)cc1. The molecule has 0 aliphatic rings. The van der Waals surface area contributed by atoms with Crippen molar-refractivity contribution >= 4 is 56.6 Å². The fourth-order valence-corrected chi connectivity index (χ4v) is 4.16. The predicted octanol–water partition coefficient (Wildman–Crippen LogP) is 4.23. The van der Waals surface area contributed by atoms with Gasteiger partial charge >= 0.3 is 0 Å². The molecule has 3 aromatic rings. The molecule has 4 N–H and O–H groups in total. The third kappa shape index (κ3) is 6.84. The Morgan fingerprint density at radius 3 is 2.32 bits per heavy atom. The van der Waals surface area contributed by atoms with E-state index < -0.39 is 10.2 Å².